The fourth-order valence-electron chi connectivity index (χ4n) is 5.59. The number of fused-ring (bicyclic) bond motifs is 1. The summed E-state index contributed by atoms with van der Waals surface area (Å²) >= 11 is 0. The van der Waals surface area contributed by atoms with E-state index in [4.69, 9.17) is 0 Å². The Morgan fingerprint density at radius 1 is 1.06 bits per heavy atom. The molecule has 1 aromatic carbocycles. The fourth-order valence-corrected chi connectivity index (χ4v) is 5.59. The number of carbonyl (C=O) groups excluding carboxylic acids is 3. The van der Waals surface area contributed by atoms with E-state index in [1.165, 1.54) is 5.56 Å². The zero-order chi connectivity index (χ0) is 23.4. The number of likely N-dealkylation sites (N-methyl/N-ethyl adjacent to an activating group) is 1. The molecule has 3 amide bonds. The van der Waals surface area contributed by atoms with Crippen LogP contribution in [0.1, 0.15) is 56.9 Å². The lowest BCUT2D eigenvalue weighted by Gasteiger charge is -2.36. The third-order valence-electron chi connectivity index (χ3n) is 7.57. The summed E-state index contributed by atoms with van der Waals surface area (Å²) in [6.45, 7) is 2.89. The zero-order valence-corrected chi connectivity index (χ0v) is 19.7. The molecule has 8 heteroatoms. The molecule has 2 saturated heterocycles. The molecule has 4 N–H and O–H groups in total. The molecule has 3 fully saturated rings. The van der Waals surface area contributed by atoms with Crippen molar-refractivity contribution in [1.82, 2.24) is 26.2 Å². The van der Waals surface area contributed by atoms with E-state index in [0.717, 1.165) is 38.6 Å². The van der Waals surface area contributed by atoms with E-state index in [1.807, 2.05) is 18.2 Å². The van der Waals surface area contributed by atoms with Gasteiger partial charge in [-0.25, -0.2) is 0 Å². The highest BCUT2D eigenvalue weighted by molar-refractivity contribution is 5.94. The van der Waals surface area contributed by atoms with E-state index in [0.29, 0.717) is 18.9 Å². The van der Waals surface area contributed by atoms with Crippen molar-refractivity contribution in [3.05, 3.63) is 35.9 Å². The maximum atomic E-state index is 13.5. The number of benzene rings is 1. The Kier molecular flexibility index (Phi) is 7.65. The summed E-state index contributed by atoms with van der Waals surface area (Å²) in [6.07, 6.45) is 5.40. The molecule has 0 spiro atoms. The number of hydrogen-bond acceptors (Lipinski definition) is 5. The van der Waals surface area contributed by atoms with Crippen molar-refractivity contribution in [3.8, 4) is 0 Å². The first-order valence-electron chi connectivity index (χ1n) is 12.4. The van der Waals surface area contributed by atoms with Crippen molar-refractivity contribution in [2.75, 3.05) is 20.1 Å². The summed E-state index contributed by atoms with van der Waals surface area (Å²) in [5.41, 5.74) is 1.26. The predicted molar refractivity (Wildman–Crippen MR) is 127 cm³/mol. The van der Waals surface area contributed by atoms with Gasteiger partial charge in [-0.15, -0.1) is 0 Å². The number of rotatable bonds is 6. The van der Waals surface area contributed by atoms with Crippen LogP contribution in [0.25, 0.3) is 0 Å². The van der Waals surface area contributed by atoms with Gasteiger partial charge >= 0.3 is 0 Å². The second-order valence-corrected chi connectivity index (χ2v) is 9.62. The molecular weight excluding hydrogens is 418 g/mol. The SMILES string of the molecule is CNC(C)C(=O)NC1CNCCC2CCC(C(=O)NC3CCCC3c3ccccc3)N2C1=O. The van der Waals surface area contributed by atoms with Gasteiger partial charge in [0.2, 0.25) is 17.7 Å². The van der Waals surface area contributed by atoms with Gasteiger partial charge in [0, 0.05) is 24.5 Å². The van der Waals surface area contributed by atoms with E-state index in [9.17, 15) is 14.4 Å². The van der Waals surface area contributed by atoms with Crippen LogP contribution < -0.4 is 21.3 Å². The monoisotopic (exact) mass is 455 g/mol. The second kappa shape index (κ2) is 10.7. The molecule has 1 aliphatic carbocycles. The van der Waals surface area contributed by atoms with Crippen LogP contribution in [0.15, 0.2) is 30.3 Å². The van der Waals surface area contributed by atoms with Gasteiger partial charge < -0.3 is 26.2 Å². The van der Waals surface area contributed by atoms with E-state index < -0.39 is 18.1 Å². The summed E-state index contributed by atoms with van der Waals surface area (Å²) in [6, 6.07) is 8.95. The van der Waals surface area contributed by atoms with Crippen LogP contribution in [0.2, 0.25) is 0 Å². The van der Waals surface area contributed by atoms with Gasteiger partial charge in [0.1, 0.15) is 12.1 Å². The van der Waals surface area contributed by atoms with Gasteiger partial charge in [-0.2, -0.15) is 0 Å². The first-order valence-corrected chi connectivity index (χ1v) is 12.4. The van der Waals surface area contributed by atoms with Crippen molar-refractivity contribution in [1.29, 1.82) is 0 Å². The van der Waals surface area contributed by atoms with E-state index in [1.54, 1.807) is 18.9 Å². The van der Waals surface area contributed by atoms with Crippen LogP contribution in [-0.2, 0) is 14.4 Å². The van der Waals surface area contributed by atoms with Crippen LogP contribution in [0.5, 0.6) is 0 Å². The minimum Gasteiger partial charge on any atom is -0.351 e. The van der Waals surface area contributed by atoms with Gasteiger partial charge in [-0.3, -0.25) is 14.4 Å². The minimum absolute atomic E-state index is 0.0238. The Hall–Kier alpha value is -2.45. The average molecular weight is 456 g/mol. The zero-order valence-electron chi connectivity index (χ0n) is 19.7. The van der Waals surface area contributed by atoms with E-state index in [2.05, 4.69) is 33.4 Å². The van der Waals surface area contributed by atoms with Crippen molar-refractivity contribution >= 4 is 17.7 Å². The summed E-state index contributed by atoms with van der Waals surface area (Å²) in [7, 11) is 1.71. The molecule has 6 unspecified atom stereocenters. The molecule has 180 valence electrons. The van der Waals surface area contributed by atoms with Crippen molar-refractivity contribution in [2.24, 2.45) is 0 Å². The lowest BCUT2D eigenvalue weighted by Crippen LogP contribution is -2.61. The Morgan fingerprint density at radius 2 is 1.85 bits per heavy atom. The Labute approximate surface area is 196 Å². The summed E-state index contributed by atoms with van der Waals surface area (Å²) in [5.74, 6) is -0.116. The van der Waals surface area contributed by atoms with Crippen LogP contribution in [0.3, 0.4) is 0 Å². The number of carbonyl (C=O) groups is 3. The third kappa shape index (κ3) is 5.22. The highest BCUT2D eigenvalue weighted by atomic mass is 16.2. The molecule has 0 aromatic heterocycles. The lowest BCUT2D eigenvalue weighted by molar-refractivity contribution is -0.144. The van der Waals surface area contributed by atoms with Gasteiger partial charge in [-0.05, 0) is 58.2 Å². The lowest BCUT2D eigenvalue weighted by atomic mass is 9.94. The van der Waals surface area contributed by atoms with Crippen molar-refractivity contribution < 1.29 is 14.4 Å². The Bertz CT molecular complexity index is 848. The molecular formula is C25H37N5O3. The van der Waals surface area contributed by atoms with E-state index >= 15 is 0 Å². The first kappa shape index (κ1) is 23.7. The molecule has 4 rings (SSSR count). The van der Waals surface area contributed by atoms with Crippen LogP contribution in [0, 0.1) is 0 Å². The summed E-state index contributed by atoms with van der Waals surface area (Å²) in [4.78, 5) is 41.2. The Balaban J connectivity index is 1.46. The Morgan fingerprint density at radius 3 is 2.61 bits per heavy atom. The number of nitrogens with one attached hydrogen (secondary N) is 4. The predicted octanol–water partition coefficient (Wildman–Crippen LogP) is 0.885. The molecule has 1 saturated carbocycles. The number of nitrogens with zero attached hydrogens (tertiary/aromatic N) is 1. The highest BCUT2D eigenvalue weighted by Crippen LogP contribution is 2.35. The topological polar surface area (TPSA) is 103 Å². The van der Waals surface area contributed by atoms with E-state index in [-0.39, 0.29) is 29.8 Å². The quantitative estimate of drug-likeness (QED) is 0.510. The molecule has 33 heavy (non-hydrogen) atoms. The molecule has 2 heterocycles. The first-order chi connectivity index (χ1) is 16.0. The smallest absolute Gasteiger partial charge is 0.247 e. The van der Waals surface area contributed by atoms with Crippen LogP contribution in [0.4, 0.5) is 0 Å². The minimum atomic E-state index is -0.673. The standard InChI is InChI=1S/C25H37N5O3/c1-16(26-2)23(31)29-21-15-27-14-13-18-11-12-22(30(18)25(21)33)24(32)28-20-10-6-9-19(20)17-7-4-3-5-8-17/h3-5,7-8,16,18-22,26-27H,6,9-15H2,1-2H3,(H,28,32)(H,29,31). The second-order valence-electron chi connectivity index (χ2n) is 9.62. The van der Waals surface area contributed by atoms with Gasteiger partial charge in [0.25, 0.3) is 0 Å². The fraction of sp³-hybridized carbons (Fsp3) is 0.640. The molecule has 6 atom stereocenters. The average Bonchev–Trinajstić information content (AvgIpc) is 3.46. The molecule has 1 aromatic rings. The summed E-state index contributed by atoms with van der Waals surface area (Å²) < 4.78 is 0. The largest absolute Gasteiger partial charge is 0.351 e. The summed E-state index contributed by atoms with van der Waals surface area (Å²) in [5, 5.41) is 12.4. The van der Waals surface area contributed by atoms with Gasteiger partial charge in [0.05, 0.1) is 6.04 Å². The normalized spacial score (nSPS) is 30.8. The number of hydrogen-bond donors (Lipinski definition) is 4. The van der Waals surface area contributed by atoms with Crippen molar-refractivity contribution in [3.63, 3.8) is 0 Å². The maximum Gasteiger partial charge on any atom is 0.247 e. The molecule has 0 bridgehead atoms. The van der Waals surface area contributed by atoms with Gasteiger partial charge in [-0.1, -0.05) is 36.8 Å². The molecule has 2 aliphatic heterocycles. The van der Waals surface area contributed by atoms with Crippen molar-refractivity contribution in [2.45, 2.75) is 81.6 Å². The van der Waals surface area contributed by atoms with Crippen LogP contribution in [-0.4, -0.2) is 73.0 Å². The molecule has 3 aliphatic rings. The maximum absolute atomic E-state index is 13.5. The highest BCUT2D eigenvalue weighted by Gasteiger charge is 2.45. The van der Waals surface area contributed by atoms with Crippen LogP contribution >= 0.6 is 0 Å². The van der Waals surface area contributed by atoms with Gasteiger partial charge in [0.15, 0.2) is 0 Å². The molecule has 8 nitrogen and oxygen atoms in total. The number of amides is 3. The third-order valence-corrected chi connectivity index (χ3v) is 7.57. The molecule has 0 radical (unpaired) electrons.